The molecule has 7 heteroatoms. The van der Waals surface area contributed by atoms with Crippen LogP contribution in [0.25, 0.3) is 0 Å². The fraction of sp³-hybridized carbons (Fsp3) is 0.190. The zero-order chi connectivity index (χ0) is 20.1. The topological polar surface area (TPSA) is 96.4 Å². The monoisotopic (exact) mass is 379 g/mol. The molecule has 0 amide bonds. The highest BCUT2D eigenvalue weighted by Crippen LogP contribution is 2.23. The molecular formula is C21H21N3O4. The fourth-order valence-corrected chi connectivity index (χ4v) is 2.77. The number of nitrogen functional groups attached to an aromatic ring is 1. The number of carbonyl (C=O) groups excluding carboxylic acids is 2. The standard InChI is InChI=1S/C21H21N3O4/c1-3-28-21(26)19-12-18(23-24(19)13-14-7-5-4-6-8-14)20(25)16-11-15(27-2)9-10-17(16)22/h4-12H,3,13,22H2,1-2H3. The van der Waals surface area contributed by atoms with Gasteiger partial charge in [0.2, 0.25) is 5.78 Å². The van der Waals surface area contributed by atoms with Gasteiger partial charge < -0.3 is 15.2 Å². The molecule has 0 saturated heterocycles. The molecule has 0 atom stereocenters. The Morgan fingerprint density at radius 1 is 1.11 bits per heavy atom. The second kappa shape index (κ2) is 8.39. The van der Waals surface area contributed by atoms with Gasteiger partial charge in [0.1, 0.15) is 17.1 Å². The minimum Gasteiger partial charge on any atom is -0.497 e. The fourth-order valence-electron chi connectivity index (χ4n) is 2.77. The van der Waals surface area contributed by atoms with Crippen LogP contribution in [0.15, 0.2) is 54.6 Å². The van der Waals surface area contributed by atoms with Crippen molar-refractivity contribution in [2.45, 2.75) is 13.5 Å². The summed E-state index contributed by atoms with van der Waals surface area (Å²) in [6, 6.07) is 15.8. The second-order valence-electron chi connectivity index (χ2n) is 6.06. The Bertz CT molecular complexity index is 996. The molecule has 28 heavy (non-hydrogen) atoms. The van der Waals surface area contributed by atoms with Crippen LogP contribution in [0, 0.1) is 0 Å². The SMILES string of the molecule is CCOC(=O)c1cc(C(=O)c2cc(OC)ccc2N)nn1Cc1ccccc1. The zero-order valence-corrected chi connectivity index (χ0v) is 15.7. The first kappa shape index (κ1) is 19.2. The van der Waals surface area contributed by atoms with E-state index in [9.17, 15) is 9.59 Å². The summed E-state index contributed by atoms with van der Waals surface area (Å²) in [5.41, 5.74) is 7.78. The highest BCUT2D eigenvalue weighted by Gasteiger charge is 2.23. The van der Waals surface area contributed by atoms with Gasteiger partial charge in [-0.3, -0.25) is 9.48 Å². The van der Waals surface area contributed by atoms with Crippen molar-refractivity contribution in [1.29, 1.82) is 0 Å². The van der Waals surface area contributed by atoms with Gasteiger partial charge in [-0.05, 0) is 30.7 Å². The molecule has 0 bridgehead atoms. The van der Waals surface area contributed by atoms with Gasteiger partial charge in [0.05, 0.1) is 25.8 Å². The van der Waals surface area contributed by atoms with Gasteiger partial charge in [0.15, 0.2) is 0 Å². The maximum absolute atomic E-state index is 13.0. The Hall–Kier alpha value is -3.61. The number of nitrogens with zero attached hydrogens (tertiary/aromatic N) is 2. The quantitative estimate of drug-likeness (QED) is 0.385. The summed E-state index contributed by atoms with van der Waals surface area (Å²) >= 11 is 0. The van der Waals surface area contributed by atoms with E-state index in [1.54, 1.807) is 25.1 Å². The van der Waals surface area contributed by atoms with Gasteiger partial charge in [-0.1, -0.05) is 30.3 Å². The van der Waals surface area contributed by atoms with Crippen LogP contribution in [0.4, 0.5) is 5.69 Å². The summed E-state index contributed by atoms with van der Waals surface area (Å²) in [4.78, 5) is 25.3. The summed E-state index contributed by atoms with van der Waals surface area (Å²) in [7, 11) is 1.51. The van der Waals surface area contributed by atoms with Crippen LogP contribution in [0.2, 0.25) is 0 Å². The molecule has 2 aromatic carbocycles. The van der Waals surface area contributed by atoms with Crippen LogP contribution >= 0.6 is 0 Å². The average Bonchev–Trinajstić information content (AvgIpc) is 3.12. The largest absolute Gasteiger partial charge is 0.497 e. The average molecular weight is 379 g/mol. The summed E-state index contributed by atoms with van der Waals surface area (Å²) < 4.78 is 11.7. The van der Waals surface area contributed by atoms with Crippen molar-refractivity contribution < 1.29 is 19.1 Å². The van der Waals surface area contributed by atoms with E-state index < -0.39 is 11.8 Å². The van der Waals surface area contributed by atoms with Crippen molar-refractivity contribution in [2.75, 3.05) is 19.5 Å². The third-order valence-corrected chi connectivity index (χ3v) is 4.18. The lowest BCUT2D eigenvalue weighted by Crippen LogP contribution is -2.14. The van der Waals surface area contributed by atoms with E-state index in [4.69, 9.17) is 15.2 Å². The molecule has 3 aromatic rings. The highest BCUT2D eigenvalue weighted by molar-refractivity contribution is 6.11. The van der Waals surface area contributed by atoms with E-state index in [-0.39, 0.29) is 23.6 Å². The predicted octanol–water partition coefficient (Wildman–Crippen LogP) is 2.93. The van der Waals surface area contributed by atoms with Crippen LogP contribution in [0.3, 0.4) is 0 Å². The van der Waals surface area contributed by atoms with Gasteiger partial charge in [-0.15, -0.1) is 0 Å². The van der Waals surface area contributed by atoms with E-state index in [0.717, 1.165) is 5.56 Å². The van der Waals surface area contributed by atoms with Gasteiger partial charge in [-0.2, -0.15) is 5.10 Å². The maximum Gasteiger partial charge on any atom is 0.356 e. The number of aromatic nitrogens is 2. The molecule has 0 spiro atoms. The highest BCUT2D eigenvalue weighted by atomic mass is 16.5. The lowest BCUT2D eigenvalue weighted by atomic mass is 10.1. The van der Waals surface area contributed by atoms with Crippen molar-refractivity contribution >= 4 is 17.4 Å². The Morgan fingerprint density at radius 2 is 1.86 bits per heavy atom. The van der Waals surface area contributed by atoms with E-state index in [2.05, 4.69) is 5.10 Å². The molecule has 0 radical (unpaired) electrons. The smallest absolute Gasteiger partial charge is 0.356 e. The first-order chi connectivity index (χ1) is 13.5. The molecule has 144 valence electrons. The molecule has 0 aliphatic carbocycles. The summed E-state index contributed by atoms with van der Waals surface area (Å²) in [5.74, 6) is -0.427. The van der Waals surface area contributed by atoms with Gasteiger partial charge in [0, 0.05) is 11.8 Å². The second-order valence-corrected chi connectivity index (χ2v) is 6.06. The molecular weight excluding hydrogens is 358 g/mol. The summed E-state index contributed by atoms with van der Waals surface area (Å²) in [5, 5.41) is 4.35. The van der Waals surface area contributed by atoms with Crippen molar-refractivity contribution in [1.82, 2.24) is 9.78 Å². The predicted molar refractivity (Wildman–Crippen MR) is 105 cm³/mol. The minimum absolute atomic E-state index is 0.110. The molecule has 0 fully saturated rings. The van der Waals surface area contributed by atoms with Crippen LogP contribution in [-0.4, -0.2) is 35.2 Å². The van der Waals surface area contributed by atoms with Crippen molar-refractivity contribution in [3.05, 3.63) is 77.1 Å². The van der Waals surface area contributed by atoms with E-state index in [1.807, 2.05) is 30.3 Å². The number of ether oxygens (including phenoxy) is 2. The number of carbonyl (C=O) groups is 2. The molecule has 0 unspecified atom stereocenters. The molecule has 2 N–H and O–H groups in total. The molecule has 7 nitrogen and oxygen atoms in total. The zero-order valence-electron chi connectivity index (χ0n) is 15.7. The Morgan fingerprint density at radius 3 is 2.54 bits per heavy atom. The first-order valence-corrected chi connectivity index (χ1v) is 8.80. The van der Waals surface area contributed by atoms with Crippen LogP contribution in [0.5, 0.6) is 5.75 Å². The van der Waals surface area contributed by atoms with E-state index in [1.165, 1.54) is 17.9 Å². The molecule has 0 aliphatic rings. The third kappa shape index (κ3) is 4.03. The third-order valence-electron chi connectivity index (χ3n) is 4.18. The number of rotatable bonds is 7. The number of nitrogens with two attached hydrogens (primary N) is 1. The number of hydrogen-bond acceptors (Lipinski definition) is 6. The minimum atomic E-state index is -0.538. The van der Waals surface area contributed by atoms with Crippen LogP contribution in [-0.2, 0) is 11.3 Å². The Kier molecular flexibility index (Phi) is 5.74. The number of hydrogen-bond donors (Lipinski definition) is 1. The molecule has 3 rings (SSSR count). The first-order valence-electron chi connectivity index (χ1n) is 8.80. The number of benzene rings is 2. The van der Waals surface area contributed by atoms with Gasteiger partial charge >= 0.3 is 5.97 Å². The molecule has 0 saturated carbocycles. The number of anilines is 1. The van der Waals surface area contributed by atoms with Gasteiger partial charge in [-0.25, -0.2) is 4.79 Å². The molecule has 1 aromatic heterocycles. The Labute approximate surface area is 162 Å². The normalized spacial score (nSPS) is 10.5. The van der Waals surface area contributed by atoms with Crippen LogP contribution in [0.1, 0.15) is 39.0 Å². The number of methoxy groups -OCH3 is 1. The summed E-state index contributed by atoms with van der Waals surface area (Å²) in [6.07, 6.45) is 0. The number of ketones is 1. The number of esters is 1. The summed E-state index contributed by atoms with van der Waals surface area (Å²) in [6.45, 7) is 2.27. The van der Waals surface area contributed by atoms with E-state index in [0.29, 0.717) is 18.0 Å². The van der Waals surface area contributed by atoms with Crippen molar-refractivity contribution in [3.8, 4) is 5.75 Å². The lowest BCUT2D eigenvalue weighted by Gasteiger charge is -2.07. The maximum atomic E-state index is 13.0. The van der Waals surface area contributed by atoms with Crippen LogP contribution < -0.4 is 10.5 Å². The van der Waals surface area contributed by atoms with Crippen molar-refractivity contribution in [2.24, 2.45) is 0 Å². The molecule has 1 heterocycles. The van der Waals surface area contributed by atoms with Crippen molar-refractivity contribution in [3.63, 3.8) is 0 Å². The Balaban J connectivity index is 2.00. The lowest BCUT2D eigenvalue weighted by molar-refractivity contribution is 0.0512. The molecule has 0 aliphatic heterocycles. The van der Waals surface area contributed by atoms with Gasteiger partial charge in [0.25, 0.3) is 0 Å². The van der Waals surface area contributed by atoms with E-state index >= 15 is 0 Å².